The van der Waals surface area contributed by atoms with Crippen molar-refractivity contribution in [1.82, 2.24) is 0 Å². The number of hydrogen-bond acceptors (Lipinski definition) is 1. The van der Waals surface area contributed by atoms with Gasteiger partial charge in [0.25, 0.3) is 0 Å². The van der Waals surface area contributed by atoms with Crippen LogP contribution in [0.5, 0.6) is 0 Å². The van der Waals surface area contributed by atoms with Crippen molar-refractivity contribution in [1.29, 1.82) is 5.41 Å². The van der Waals surface area contributed by atoms with Crippen LogP contribution in [0.15, 0.2) is 0 Å². The molecule has 1 nitrogen and oxygen atoms in total. The molecule has 0 aromatic heterocycles. The van der Waals surface area contributed by atoms with Crippen molar-refractivity contribution < 1.29 is 18.9 Å². The van der Waals surface area contributed by atoms with E-state index in [2.05, 4.69) is 13.8 Å². The minimum absolute atomic E-state index is 0. The van der Waals surface area contributed by atoms with E-state index in [9.17, 15) is 0 Å². The maximum Gasteiger partial charge on any atom is 1.00 e. The molecular formula is C12H24LiN. The van der Waals surface area contributed by atoms with Gasteiger partial charge in [-0.3, -0.25) is 0 Å². The van der Waals surface area contributed by atoms with E-state index in [0.29, 0.717) is 0 Å². The number of rotatable bonds is 9. The standard InChI is InChI=1S/C12H24N.Li/c1-3-5-7-9-11-12(13)10-8-6-4-2;/h13H,1,3-11H2,2H3;/q-1;+1. The van der Waals surface area contributed by atoms with Gasteiger partial charge in [0.1, 0.15) is 0 Å². The van der Waals surface area contributed by atoms with Gasteiger partial charge in [0.2, 0.25) is 0 Å². The molecule has 1 N–H and O–H groups in total. The average molecular weight is 189 g/mol. The average Bonchev–Trinajstić information content (AvgIpc) is 2.13. The fourth-order valence-corrected chi connectivity index (χ4v) is 1.41. The summed E-state index contributed by atoms with van der Waals surface area (Å²) in [7, 11) is 0. The van der Waals surface area contributed by atoms with Crippen LogP contribution in [0.1, 0.15) is 64.7 Å². The smallest absolute Gasteiger partial charge is 0.343 e. The molecule has 0 aliphatic carbocycles. The van der Waals surface area contributed by atoms with E-state index < -0.39 is 0 Å². The molecule has 0 spiro atoms. The molecule has 0 atom stereocenters. The molecule has 0 bridgehead atoms. The van der Waals surface area contributed by atoms with Crippen LogP contribution in [0.3, 0.4) is 0 Å². The van der Waals surface area contributed by atoms with Gasteiger partial charge < -0.3 is 12.3 Å². The Morgan fingerprint density at radius 2 is 1.57 bits per heavy atom. The fourth-order valence-electron chi connectivity index (χ4n) is 1.41. The number of unbranched alkanes of at least 4 members (excludes halogenated alkanes) is 5. The topological polar surface area (TPSA) is 23.9 Å². The van der Waals surface area contributed by atoms with Gasteiger partial charge >= 0.3 is 18.9 Å². The van der Waals surface area contributed by atoms with Crippen molar-refractivity contribution in [3.8, 4) is 0 Å². The minimum Gasteiger partial charge on any atom is -0.343 e. The van der Waals surface area contributed by atoms with E-state index in [1.807, 2.05) is 0 Å². The van der Waals surface area contributed by atoms with Crippen molar-refractivity contribution in [2.24, 2.45) is 0 Å². The van der Waals surface area contributed by atoms with Gasteiger partial charge in [-0.05, 0) is 25.7 Å². The first kappa shape index (κ1) is 16.7. The van der Waals surface area contributed by atoms with Crippen LogP contribution in [0.4, 0.5) is 0 Å². The summed E-state index contributed by atoms with van der Waals surface area (Å²) in [6, 6.07) is 0. The first-order valence-electron chi connectivity index (χ1n) is 5.66. The van der Waals surface area contributed by atoms with Crippen LogP contribution in [0.2, 0.25) is 0 Å². The zero-order valence-electron chi connectivity index (χ0n) is 10.1. The van der Waals surface area contributed by atoms with Gasteiger partial charge in [-0.2, -0.15) is 6.42 Å². The predicted octanol–water partition coefficient (Wildman–Crippen LogP) is 1.38. The molecule has 14 heavy (non-hydrogen) atoms. The van der Waals surface area contributed by atoms with Crippen LogP contribution in [0, 0.1) is 12.3 Å². The summed E-state index contributed by atoms with van der Waals surface area (Å²) in [5.74, 6) is 0. The Kier molecular flexibility index (Phi) is 15.8. The first-order chi connectivity index (χ1) is 6.31. The van der Waals surface area contributed by atoms with Gasteiger partial charge in [-0.15, -0.1) is 0 Å². The van der Waals surface area contributed by atoms with Crippen LogP contribution >= 0.6 is 0 Å². The third kappa shape index (κ3) is 12.3. The summed E-state index contributed by atoms with van der Waals surface area (Å²) in [4.78, 5) is 0. The van der Waals surface area contributed by atoms with E-state index in [1.165, 1.54) is 38.5 Å². The van der Waals surface area contributed by atoms with Crippen LogP contribution < -0.4 is 18.9 Å². The van der Waals surface area contributed by atoms with Crippen LogP contribution in [-0.2, 0) is 0 Å². The van der Waals surface area contributed by atoms with E-state index in [0.717, 1.165) is 25.0 Å². The molecule has 0 heterocycles. The van der Waals surface area contributed by atoms with Crippen LogP contribution in [-0.4, -0.2) is 5.71 Å². The molecule has 0 aromatic rings. The molecule has 0 saturated heterocycles. The molecule has 0 aliphatic heterocycles. The van der Waals surface area contributed by atoms with E-state index in [-0.39, 0.29) is 18.9 Å². The Bertz CT molecular complexity index is 123. The Labute approximate surface area is 102 Å². The molecule has 0 radical (unpaired) electrons. The zero-order valence-corrected chi connectivity index (χ0v) is 10.1. The summed E-state index contributed by atoms with van der Waals surface area (Å²) >= 11 is 0. The summed E-state index contributed by atoms with van der Waals surface area (Å²) in [5, 5.41) is 7.69. The van der Waals surface area contributed by atoms with Crippen molar-refractivity contribution in [2.75, 3.05) is 0 Å². The quantitative estimate of drug-likeness (QED) is 0.245. The molecule has 0 aliphatic rings. The first-order valence-corrected chi connectivity index (χ1v) is 5.66. The summed E-state index contributed by atoms with van der Waals surface area (Å²) in [5.41, 5.74) is 0.956. The van der Waals surface area contributed by atoms with Gasteiger partial charge in [0.05, 0.1) is 0 Å². The van der Waals surface area contributed by atoms with Crippen molar-refractivity contribution in [3.05, 3.63) is 6.92 Å². The fraction of sp³-hybridized carbons (Fsp3) is 0.833. The van der Waals surface area contributed by atoms with Gasteiger partial charge in [-0.25, -0.2) is 0 Å². The van der Waals surface area contributed by atoms with Crippen LogP contribution in [0.25, 0.3) is 0 Å². The molecule has 78 valence electrons. The SMILES string of the molecule is [CH2-]CCCCCC(=N)CCCCC.[Li+]. The van der Waals surface area contributed by atoms with E-state index in [1.54, 1.807) is 0 Å². The molecule has 0 rings (SSSR count). The molecule has 0 aromatic carbocycles. The summed E-state index contributed by atoms with van der Waals surface area (Å²) in [6.07, 6.45) is 10.5. The molecule has 0 fully saturated rings. The second kappa shape index (κ2) is 13.3. The van der Waals surface area contributed by atoms with Gasteiger partial charge in [0.15, 0.2) is 0 Å². The third-order valence-electron chi connectivity index (χ3n) is 2.31. The molecule has 0 amide bonds. The molecule has 0 saturated carbocycles. The molecular weight excluding hydrogens is 165 g/mol. The second-order valence-electron chi connectivity index (χ2n) is 3.72. The summed E-state index contributed by atoms with van der Waals surface area (Å²) < 4.78 is 0. The monoisotopic (exact) mass is 189 g/mol. The van der Waals surface area contributed by atoms with Gasteiger partial charge in [0, 0.05) is 5.71 Å². The molecule has 2 heteroatoms. The Morgan fingerprint density at radius 1 is 1.00 bits per heavy atom. The number of nitrogens with one attached hydrogen (secondary N) is 1. The van der Waals surface area contributed by atoms with Crippen molar-refractivity contribution in [2.45, 2.75) is 64.7 Å². The summed E-state index contributed by atoms with van der Waals surface area (Å²) in [6.45, 7) is 6.02. The van der Waals surface area contributed by atoms with Gasteiger partial charge in [-0.1, -0.05) is 32.6 Å². The zero-order chi connectivity index (χ0) is 9.94. The minimum atomic E-state index is 0. The molecule has 0 unspecified atom stereocenters. The Hall–Kier alpha value is 0.267. The Morgan fingerprint density at radius 3 is 2.07 bits per heavy atom. The second-order valence-corrected chi connectivity index (χ2v) is 3.72. The van der Waals surface area contributed by atoms with Crippen molar-refractivity contribution >= 4 is 5.71 Å². The maximum absolute atomic E-state index is 7.69. The Balaban J connectivity index is 0. The van der Waals surface area contributed by atoms with E-state index >= 15 is 0 Å². The van der Waals surface area contributed by atoms with Crippen molar-refractivity contribution in [3.63, 3.8) is 0 Å². The maximum atomic E-state index is 7.69. The number of hydrogen-bond donors (Lipinski definition) is 1. The predicted molar refractivity (Wildman–Crippen MR) is 60.3 cm³/mol. The normalized spacial score (nSPS) is 9.57. The third-order valence-corrected chi connectivity index (χ3v) is 2.31. The van der Waals surface area contributed by atoms with E-state index in [4.69, 9.17) is 5.41 Å². The largest absolute Gasteiger partial charge is 1.00 e.